The smallest absolute Gasteiger partial charge is 0.313 e. The highest BCUT2D eigenvalue weighted by atomic mass is 79.9. The van der Waals surface area contributed by atoms with Gasteiger partial charge in [0.25, 0.3) is 0 Å². The standard InChI is InChI=1S/C37H42BrN3O8/c1-22(2)40-18-12-6-11-17-28(43)39-26(21-47-3)31(24-15-9-5-10-16-24)48-36(46)29-30-34(44)41(27(20-42)23-13-7-4-8-14-23)33(35(40)45)37(30)19-25(38)32(29)49-37/h4-10,12-16,19,22,26-27,29-33,42H,11,17-18,20-21H2,1-3H3,(H,39,43)/b12-6-/t26-,27-,29+,30-,31-,32+,33+,37-/m1/s1. The van der Waals surface area contributed by atoms with Crippen molar-refractivity contribution in [2.24, 2.45) is 11.8 Å². The van der Waals surface area contributed by atoms with E-state index in [-0.39, 0.29) is 37.4 Å². The second kappa shape index (κ2) is 14.6. The molecule has 4 aliphatic heterocycles. The number of aliphatic hydroxyl groups excluding tert-OH is 1. The fourth-order valence-electron chi connectivity index (χ4n) is 7.70. The number of rotatable bonds is 7. The summed E-state index contributed by atoms with van der Waals surface area (Å²) in [7, 11) is 1.50. The fourth-order valence-corrected chi connectivity index (χ4v) is 8.43. The van der Waals surface area contributed by atoms with Crippen LogP contribution in [0.15, 0.2) is 83.4 Å². The molecule has 0 saturated carbocycles. The Hall–Kier alpha value is -3.84. The van der Waals surface area contributed by atoms with Gasteiger partial charge in [-0.05, 0) is 37.5 Å². The molecule has 11 nitrogen and oxygen atoms in total. The monoisotopic (exact) mass is 735 g/mol. The number of benzene rings is 2. The van der Waals surface area contributed by atoms with E-state index in [9.17, 15) is 24.3 Å². The number of allylic oxidation sites excluding steroid dienone is 1. The minimum absolute atomic E-state index is 0.0534. The van der Waals surface area contributed by atoms with Gasteiger partial charge in [0, 0.05) is 30.6 Å². The topological polar surface area (TPSA) is 135 Å². The molecule has 2 saturated heterocycles. The van der Waals surface area contributed by atoms with Crippen molar-refractivity contribution < 1.29 is 38.5 Å². The molecule has 0 aliphatic carbocycles. The van der Waals surface area contributed by atoms with Gasteiger partial charge in [-0.3, -0.25) is 19.2 Å². The maximum absolute atomic E-state index is 14.9. The molecule has 0 radical (unpaired) electrons. The van der Waals surface area contributed by atoms with Crippen LogP contribution in [0.5, 0.6) is 0 Å². The molecule has 260 valence electrons. The van der Waals surface area contributed by atoms with Crippen LogP contribution in [-0.4, -0.2) is 95.3 Å². The van der Waals surface area contributed by atoms with Crippen molar-refractivity contribution in [2.45, 2.75) is 68.7 Å². The first-order valence-electron chi connectivity index (χ1n) is 16.7. The van der Waals surface area contributed by atoms with Gasteiger partial charge in [-0.1, -0.05) is 88.7 Å². The lowest BCUT2D eigenvalue weighted by molar-refractivity contribution is -0.163. The molecule has 8 atom stereocenters. The maximum atomic E-state index is 14.9. The molecule has 0 unspecified atom stereocenters. The van der Waals surface area contributed by atoms with E-state index in [0.29, 0.717) is 22.0 Å². The number of ether oxygens (including phenoxy) is 3. The molecule has 2 fully saturated rings. The number of cyclic esters (lactones) is 1. The van der Waals surface area contributed by atoms with E-state index in [1.165, 1.54) is 12.0 Å². The van der Waals surface area contributed by atoms with Crippen LogP contribution < -0.4 is 5.32 Å². The van der Waals surface area contributed by atoms with E-state index in [4.69, 9.17) is 14.2 Å². The van der Waals surface area contributed by atoms with Crippen LogP contribution in [0.2, 0.25) is 0 Å². The molecule has 49 heavy (non-hydrogen) atoms. The second-order valence-corrected chi connectivity index (χ2v) is 14.1. The van der Waals surface area contributed by atoms with Gasteiger partial charge in [-0.2, -0.15) is 0 Å². The van der Waals surface area contributed by atoms with Gasteiger partial charge in [0.1, 0.15) is 29.8 Å². The number of hydrogen-bond acceptors (Lipinski definition) is 8. The number of carbonyl (C=O) groups excluding carboxylic acids is 4. The quantitative estimate of drug-likeness (QED) is 0.326. The molecule has 2 aromatic carbocycles. The predicted molar refractivity (Wildman–Crippen MR) is 183 cm³/mol. The first-order chi connectivity index (χ1) is 23.6. The summed E-state index contributed by atoms with van der Waals surface area (Å²) >= 11 is 3.60. The lowest BCUT2D eigenvalue weighted by Crippen LogP contribution is -2.58. The Kier molecular flexibility index (Phi) is 10.4. The summed E-state index contributed by atoms with van der Waals surface area (Å²) in [5, 5.41) is 13.8. The van der Waals surface area contributed by atoms with Gasteiger partial charge in [0.05, 0.1) is 31.2 Å². The average molecular weight is 737 g/mol. The van der Waals surface area contributed by atoms with Crippen LogP contribution in [0.4, 0.5) is 0 Å². The van der Waals surface area contributed by atoms with Crippen LogP contribution >= 0.6 is 15.9 Å². The van der Waals surface area contributed by atoms with Crippen molar-refractivity contribution in [3.63, 3.8) is 0 Å². The highest BCUT2D eigenvalue weighted by Gasteiger charge is 2.75. The number of fused-ring (bicyclic) bond motifs is 2. The Balaban J connectivity index is 1.50. The van der Waals surface area contributed by atoms with Crippen molar-refractivity contribution in [1.82, 2.24) is 15.1 Å². The maximum Gasteiger partial charge on any atom is 0.313 e. The van der Waals surface area contributed by atoms with Gasteiger partial charge >= 0.3 is 5.97 Å². The zero-order valence-corrected chi connectivity index (χ0v) is 29.3. The second-order valence-electron chi connectivity index (χ2n) is 13.2. The molecule has 3 amide bonds. The minimum Gasteiger partial charge on any atom is -0.455 e. The molecule has 1 spiro atoms. The van der Waals surface area contributed by atoms with Crippen LogP contribution in [0.3, 0.4) is 0 Å². The van der Waals surface area contributed by atoms with Gasteiger partial charge in [0.2, 0.25) is 17.7 Å². The summed E-state index contributed by atoms with van der Waals surface area (Å²) in [6, 6.07) is 15.0. The van der Waals surface area contributed by atoms with Gasteiger partial charge in [-0.25, -0.2) is 0 Å². The molecular weight excluding hydrogens is 694 g/mol. The molecule has 6 rings (SSSR count). The number of nitrogens with one attached hydrogen (secondary N) is 1. The molecule has 2 aromatic rings. The third-order valence-corrected chi connectivity index (χ3v) is 10.6. The lowest BCUT2D eigenvalue weighted by atomic mass is 9.74. The predicted octanol–water partition coefficient (Wildman–Crippen LogP) is 3.60. The Morgan fingerprint density at radius 3 is 2.35 bits per heavy atom. The van der Waals surface area contributed by atoms with Crippen molar-refractivity contribution in [3.8, 4) is 0 Å². The summed E-state index contributed by atoms with van der Waals surface area (Å²) in [5.41, 5.74) is -0.241. The fraction of sp³-hybridized carbons (Fsp3) is 0.459. The van der Waals surface area contributed by atoms with E-state index in [0.717, 1.165) is 0 Å². The molecule has 4 aliphatic rings. The number of nitrogens with zero attached hydrogens (tertiary/aromatic N) is 2. The largest absolute Gasteiger partial charge is 0.455 e. The van der Waals surface area contributed by atoms with Crippen molar-refractivity contribution >= 4 is 39.6 Å². The number of methoxy groups -OCH3 is 1. The average Bonchev–Trinajstić information content (AvgIpc) is 3.69. The summed E-state index contributed by atoms with van der Waals surface area (Å²) in [6.45, 7) is 3.59. The van der Waals surface area contributed by atoms with Crippen molar-refractivity contribution in [2.75, 3.05) is 26.9 Å². The molecule has 0 aromatic heterocycles. The third kappa shape index (κ3) is 6.35. The number of hydrogen-bond donors (Lipinski definition) is 2. The number of esters is 1. The number of halogens is 1. The highest BCUT2D eigenvalue weighted by molar-refractivity contribution is 9.11. The van der Waals surface area contributed by atoms with E-state index in [1.54, 1.807) is 47.4 Å². The van der Waals surface area contributed by atoms with Crippen LogP contribution in [0.1, 0.15) is 50.0 Å². The third-order valence-electron chi connectivity index (χ3n) is 9.91. The zero-order chi connectivity index (χ0) is 34.9. The highest BCUT2D eigenvalue weighted by Crippen LogP contribution is 2.60. The molecule has 4 heterocycles. The molecule has 2 N–H and O–H groups in total. The van der Waals surface area contributed by atoms with Gasteiger partial charge in [-0.15, -0.1) is 0 Å². The van der Waals surface area contributed by atoms with Crippen LogP contribution in [0, 0.1) is 11.8 Å². The minimum atomic E-state index is -1.52. The van der Waals surface area contributed by atoms with Crippen molar-refractivity contribution in [1.29, 1.82) is 0 Å². The van der Waals surface area contributed by atoms with E-state index >= 15 is 0 Å². The van der Waals surface area contributed by atoms with Crippen LogP contribution in [0.25, 0.3) is 0 Å². The normalized spacial score (nSPS) is 31.8. The van der Waals surface area contributed by atoms with E-state index in [1.807, 2.05) is 50.3 Å². The number of likely N-dealkylation sites (tertiary alicyclic amines) is 1. The Morgan fingerprint density at radius 1 is 1.00 bits per heavy atom. The van der Waals surface area contributed by atoms with Crippen molar-refractivity contribution in [3.05, 3.63) is 94.5 Å². The summed E-state index contributed by atoms with van der Waals surface area (Å²) in [4.78, 5) is 60.5. The van der Waals surface area contributed by atoms with E-state index in [2.05, 4.69) is 21.2 Å². The van der Waals surface area contributed by atoms with Gasteiger partial charge in [0.15, 0.2) is 0 Å². The Bertz CT molecular complexity index is 1620. The van der Waals surface area contributed by atoms with Gasteiger partial charge < -0.3 is 34.4 Å². The van der Waals surface area contributed by atoms with Crippen LogP contribution in [-0.2, 0) is 33.4 Å². The molecule has 5 bridgehead atoms. The Labute approximate surface area is 294 Å². The number of amides is 3. The van der Waals surface area contributed by atoms with E-state index < -0.39 is 66.3 Å². The zero-order valence-electron chi connectivity index (χ0n) is 27.7. The SMILES string of the molecule is COC[C@H]1NC(=O)CC/C=C\CN(C(C)C)C(=O)[C@@H]2N([C@H](CO)c3ccccc3)C(=O)[C@H]3[C@H](C(=O)O[C@@H]1c1ccccc1)[C@H]1O[C@@]23C=C1Br. The molecule has 12 heteroatoms. The number of aliphatic hydroxyl groups is 1. The lowest BCUT2D eigenvalue weighted by Gasteiger charge is -2.40. The summed E-state index contributed by atoms with van der Waals surface area (Å²) in [5.74, 6) is -4.07. The first kappa shape index (κ1) is 35.0. The number of carbonyl (C=O) groups is 4. The summed E-state index contributed by atoms with van der Waals surface area (Å²) in [6.07, 6.45) is 4.17. The molecular formula is C37H42BrN3O8. The summed E-state index contributed by atoms with van der Waals surface area (Å²) < 4.78 is 19.0. The first-order valence-corrected chi connectivity index (χ1v) is 17.5. The Morgan fingerprint density at radius 2 is 1.69 bits per heavy atom.